The summed E-state index contributed by atoms with van der Waals surface area (Å²) in [6.07, 6.45) is 1.81. The van der Waals surface area contributed by atoms with E-state index in [1.807, 2.05) is 0 Å². The Balaban J connectivity index is 1.70. The number of benzene rings is 1. The first-order chi connectivity index (χ1) is 13.9. The van der Waals surface area contributed by atoms with Crippen molar-refractivity contribution in [3.05, 3.63) is 39.7 Å². The largest absolute Gasteiger partial charge is 0.477 e. The Labute approximate surface area is 163 Å². The first kappa shape index (κ1) is 18.5. The van der Waals surface area contributed by atoms with Crippen molar-refractivity contribution in [2.45, 2.75) is 37.5 Å². The third-order valence-electron chi connectivity index (χ3n) is 6.37. The Kier molecular flexibility index (Phi) is 4.13. The second-order valence-electron chi connectivity index (χ2n) is 8.19. The summed E-state index contributed by atoms with van der Waals surface area (Å²) in [5.74, 6) is -3.08. The number of rotatable bonds is 3. The minimum atomic E-state index is -1.51. The summed E-state index contributed by atoms with van der Waals surface area (Å²) in [7, 11) is 0. The van der Waals surface area contributed by atoms with Gasteiger partial charge in [0.25, 0.3) is 0 Å². The van der Waals surface area contributed by atoms with Gasteiger partial charge in [-0.15, -0.1) is 0 Å². The molecule has 1 aromatic heterocycles. The monoisotopic (exact) mass is 407 g/mol. The molecule has 154 valence electrons. The van der Waals surface area contributed by atoms with Crippen LogP contribution in [-0.2, 0) is 0 Å². The van der Waals surface area contributed by atoms with Gasteiger partial charge in [0.15, 0.2) is 5.82 Å². The highest BCUT2D eigenvalue weighted by atomic mass is 19.1. The predicted molar refractivity (Wildman–Crippen MR) is 100 cm³/mol. The van der Waals surface area contributed by atoms with E-state index in [1.165, 1.54) is 0 Å². The van der Waals surface area contributed by atoms with E-state index in [9.17, 15) is 23.5 Å². The zero-order chi connectivity index (χ0) is 20.4. The predicted octanol–water partition coefficient (Wildman–Crippen LogP) is 2.45. The lowest BCUT2D eigenvalue weighted by Crippen LogP contribution is -2.40. The highest BCUT2D eigenvalue weighted by Crippen LogP contribution is 2.43. The number of aromatic carboxylic acids is 1. The van der Waals surface area contributed by atoms with E-state index in [-0.39, 0.29) is 35.0 Å². The Hall–Kier alpha value is -2.55. The number of aromatic nitrogens is 1. The lowest BCUT2D eigenvalue weighted by molar-refractivity contribution is 0.0694. The highest BCUT2D eigenvalue weighted by molar-refractivity contribution is 5.94. The Bertz CT molecular complexity index is 1070. The van der Waals surface area contributed by atoms with E-state index < -0.39 is 40.8 Å². The quantitative estimate of drug-likeness (QED) is 0.818. The summed E-state index contributed by atoms with van der Waals surface area (Å²) in [4.78, 5) is 25.6. The number of carboxylic acids is 1. The Morgan fingerprint density at radius 2 is 2.03 bits per heavy atom. The van der Waals surface area contributed by atoms with Gasteiger partial charge in [-0.3, -0.25) is 4.79 Å². The van der Waals surface area contributed by atoms with Crippen LogP contribution in [0.15, 0.2) is 17.1 Å². The second-order valence-corrected chi connectivity index (χ2v) is 8.19. The van der Waals surface area contributed by atoms with Gasteiger partial charge in [-0.1, -0.05) is 0 Å². The number of anilines is 1. The lowest BCUT2D eigenvalue weighted by atomic mass is 9.94. The van der Waals surface area contributed by atoms with Crippen molar-refractivity contribution in [3.8, 4) is 0 Å². The van der Waals surface area contributed by atoms with Gasteiger partial charge in [0.1, 0.15) is 23.2 Å². The van der Waals surface area contributed by atoms with E-state index in [0.29, 0.717) is 13.1 Å². The van der Waals surface area contributed by atoms with Gasteiger partial charge in [0.05, 0.1) is 16.9 Å². The van der Waals surface area contributed by atoms with Crippen LogP contribution in [-0.4, -0.2) is 47.5 Å². The van der Waals surface area contributed by atoms with E-state index in [0.717, 1.165) is 36.2 Å². The smallest absolute Gasteiger partial charge is 0.341 e. The van der Waals surface area contributed by atoms with Crippen molar-refractivity contribution in [3.63, 3.8) is 0 Å². The molecule has 1 aromatic carbocycles. The summed E-state index contributed by atoms with van der Waals surface area (Å²) >= 11 is 0. The molecule has 4 atom stereocenters. The third-order valence-corrected chi connectivity index (χ3v) is 6.37. The maximum Gasteiger partial charge on any atom is 0.341 e. The molecule has 6 nitrogen and oxygen atoms in total. The minimum absolute atomic E-state index is 0.0982. The van der Waals surface area contributed by atoms with Crippen molar-refractivity contribution >= 4 is 22.6 Å². The number of alkyl halides is 1. The molecule has 2 aromatic rings. The molecule has 0 spiro atoms. The molecule has 2 aliphatic heterocycles. The van der Waals surface area contributed by atoms with Gasteiger partial charge >= 0.3 is 5.97 Å². The fourth-order valence-corrected chi connectivity index (χ4v) is 4.80. The summed E-state index contributed by atoms with van der Waals surface area (Å²) in [5.41, 5.74) is -2.06. The number of piperidine rings is 1. The molecule has 29 heavy (non-hydrogen) atoms. The molecule has 3 heterocycles. The van der Waals surface area contributed by atoms with Crippen molar-refractivity contribution < 1.29 is 23.1 Å². The van der Waals surface area contributed by atoms with Crippen LogP contribution in [0.3, 0.4) is 0 Å². The number of carbonyl (C=O) groups is 1. The molecular weight excluding hydrogens is 387 g/mol. The summed E-state index contributed by atoms with van der Waals surface area (Å²) in [6.45, 7) is 1.80. The number of pyridine rings is 1. The number of halogens is 3. The number of nitrogens with one attached hydrogen (secondary N) is 1. The zero-order valence-electron chi connectivity index (χ0n) is 15.5. The third kappa shape index (κ3) is 2.82. The first-order valence-corrected chi connectivity index (χ1v) is 9.79. The number of hydrogen-bond acceptors (Lipinski definition) is 4. The topological polar surface area (TPSA) is 74.6 Å². The Morgan fingerprint density at radius 3 is 2.69 bits per heavy atom. The van der Waals surface area contributed by atoms with Gasteiger partial charge in [-0.05, 0) is 31.4 Å². The SMILES string of the molecule is O=C(O)c1cn([C@@H]2C[C@@H]2F)c2c(F)c(N3CC4CCCN[C@@H]4C3)c(F)cc2c1=O. The van der Waals surface area contributed by atoms with Crippen LogP contribution in [0, 0.1) is 17.6 Å². The van der Waals surface area contributed by atoms with Crippen LogP contribution in [0.5, 0.6) is 0 Å². The van der Waals surface area contributed by atoms with Crippen molar-refractivity contribution in [1.29, 1.82) is 0 Å². The van der Waals surface area contributed by atoms with Gasteiger partial charge < -0.3 is 19.9 Å². The molecule has 2 N–H and O–H groups in total. The number of carboxylic acid groups (broad SMARTS) is 1. The molecule has 9 heteroatoms. The first-order valence-electron chi connectivity index (χ1n) is 9.79. The lowest BCUT2D eigenvalue weighted by Gasteiger charge is -2.24. The van der Waals surface area contributed by atoms with Crippen LogP contribution in [0.4, 0.5) is 18.9 Å². The van der Waals surface area contributed by atoms with Crippen LogP contribution in [0.25, 0.3) is 10.9 Å². The molecule has 3 fully saturated rings. The number of nitrogens with zero attached hydrogens (tertiary/aromatic N) is 2. The normalized spacial score (nSPS) is 28.6. The maximum absolute atomic E-state index is 15.6. The fourth-order valence-electron chi connectivity index (χ4n) is 4.80. The van der Waals surface area contributed by atoms with Crippen molar-refractivity contribution in [1.82, 2.24) is 9.88 Å². The molecule has 1 aliphatic carbocycles. The number of hydrogen-bond donors (Lipinski definition) is 2. The molecule has 0 radical (unpaired) electrons. The minimum Gasteiger partial charge on any atom is -0.477 e. The van der Waals surface area contributed by atoms with Gasteiger partial charge in [0.2, 0.25) is 5.43 Å². The molecule has 3 aliphatic rings. The van der Waals surface area contributed by atoms with Crippen LogP contribution < -0.4 is 15.6 Å². The molecule has 2 saturated heterocycles. The van der Waals surface area contributed by atoms with E-state index >= 15 is 4.39 Å². The standard InChI is InChI=1S/C20H20F3N3O3/c21-12-5-15(12)26-7-11(20(28)29)19(27)10-4-13(22)18(16(23)17(10)26)25-6-9-2-1-3-24-14(9)8-25/h4,7,9,12,14-15,24H,1-3,5-6,8H2,(H,28,29)/t9?,12-,14+,15+/m0/s1. The molecule has 1 saturated carbocycles. The summed E-state index contributed by atoms with van der Waals surface area (Å²) in [6, 6.07) is 0.282. The summed E-state index contributed by atoms with van der Waals surface area (Å²) < 4.78 is 45.5. The molecule has 5 rings (SSSR count). The van der Waals surface area contributed by atoms with Crippen LogP contribution >= 0.6 is 0 Å². The van der Waals surface area contributed by atoms with E-state index in [2.05, 4.69) is 5.32 Å². The number of fused-ring (bicyclic) bond motifs is 2. The Morgan fingerprint density at radius 1 is 1.28 bits per heavy atom. The average molecular weight is 407 g/mol. The highest BCUT2D eigenvalue weighted by Gasteiger charge is 2.42. The van der Waals surface area contributed by atoms with Gasteiger partial charge in [0, 0.05) is 31.7 Å². The van der Waals surface area contributed by atoms with E-state index in [1.54, 1.807) is 4.90 Å². The van der Waals surface area contributed by atoms with E-state index in [4.69, 9.17) is 0 Å². The molecule has 0 bridgehead atoms. The van der Waals surface area contributed by atoms with Gasteiger partial charge in [-0.2, -0.15) is 0 Å². The van der Waals surface area contributed by atoms with Gasteiger partial charge in [-0.25, -0.2) is 18.0 Å². The van der Waals surface area contributed by atoms with Crippen LogP contribution in [0.2, 0.25) is 0 Å². The fraction of sp³-hybridized carbons (Fsp3) is 0.500. The zero-order valence-corrected chi connectivity index (χ0v) is 15.5. The molecule has 0 amide bonds. The second kappa shape index (κ2) is 6.48. The molecule has 1 unspecified atom stereocenters. The van der Waals surface area contributed by atoms with Crippen molar-refractivity contribution in [2.24, 2.45) is 5.92 Å². The van der Waals surface area contributed by atoms with Crippen LogP contribution in [0.1, 0.15) is 35.7 Å². The van der Waals surface area contributed by atoms with Crippen molar-refractivity contribution in [2.75, 3.05) is 24.5 Å². The average Bonchev–Trinajstić information content (AvgIpc) is 3.24. The summed E-state index contributed by atoms with van der Waals surface area (Å²) in [5, 5.41) is 12.3. The molecular formula is C20H20F3N3O3. The maximum atomic E-state index is 15.6.